The highest BCUT2D eigenvalue weighted by molar-refractivity contribution is 5.94. The van der Waals surface area contributed by atoms with E-state index in [0.29, 0.717) is 18.0 Å². The first-order valence-electron chi connectivity index (χ1n) is 10.4. The van der Waals surface area contributed by atoms with Crippen LogP contribution in [0.5, 0.6) is 5.75 Å². The Morgan fingerprint density at radius 3 is 2.35 bits per heavy atom. The summed E-state index contributed by atoms with van der Waals surface area (Å²) in [5.74, 6) is 0.287. The molecule has 0 heterocycles. The van der Waals surface area contributed by atoms with Crippen molar-refractivity contribution in [3.63, 3.8) is 0 Å². The fourth-order valence-corrected chi connectivity index (χ4v) is 3.47. The van der Waals surface area contributed by atoms with Crippen LogP contribution in [0.15, 0.2) is 66.7 Å². The SMILES string of the molecule is CCN(CC(=O)Nc1ccccc1OC)CC(=O)N[C@@H](C)c1ccc2ccccc2c1. The average Bonchev–Trinajstić information content (AvgIpc) is 2.78. The number of rotatable bonds is 9. The molecule has 6 heteroatoms. The lowest BCUT2D eigenvalue weighted by atomic mass is 10.0. The number of benzene rings is 3. The quantitative estimate of drug-likeness (QED) is 0.550. The summed E-state index contributed by atoms with van der Waals surface area (Å²) in [6.07, 6.45) is 0. The molecule has 6 nitrogen and oxygen atoms in total. The second-order valence-corrected chi connectivity index (χ2v) is 7.45. The fraction of sp³-hybridized carbons (Fsp3) is 0.280. The van der Waals surface area contributed by atoms with Crippen LogP contribution in [0.3, 0.4) is 0 Å². The van der Waals surface area contributed by atoms with Crippen molar-refractivity contribution in [1.29, 1.82) is 0 Å². The summed E-state index contributed by atoms with van der Waals surface area (Å²) in [6, 6.07) is 21.5. The van der Waals surface area contributed by atoms with Gasteiger partial charge in [-0.25, -0.2) is 0 Å². The topological polar surface area (TPSA) is 70.7 Å². The molecule has 0 aliphatic carbocycles. The third-order valence-electron chi connectivity index (χ3n) is 5.21. The van der Waals surface area contributed by atoms with Crippen molar-refractivity contribution in [2.24, 2.45) is 0 Å². The summed E-state index contributed by atoms with van der Waals surface area (Å²) in [5.41, 5.74) is 1.66. The number of para-hydroxylation sites is 2. The second kappa shape index (κ2) is 10.6. The Bertz CT molecular complexity index is 1050. The molecular weight excluding hydrogens is 390 g/mol. The molecule has 1 atom stereocenters. The molecule has 0 aromatic heterocycles. The molecule has 162 valence electrons. The van der Waals surface area contributed by atoms with E-state index in [1.165, 1.54) is 5.39 Å². The standard InChI is InChI=1S/C25H29N3O3/c1-4-28(17-25(30)27-22-11-7-8-12-23(22)31-3)16-24(29)26-18(2)20-14-13-19-9-5-6-10-21(19)15-20/h5-15,18H,4,16-17H2,1-3H3,(H,26,29)(H,27,30)/t18-/m0/s1. The van der Waals surface area contributed by atoms with Crippen LogP contribution in [-0.4, -0.2) is 43.5 Å². The van der Waals surface area contributed by atoms with Gasteiger partial charge in [0.25, 0.3) is 0 Å². The number of hydrogen-bond donors (Lipinski definition) is 2. The summed E-state index contributed by atoms with van der Waals surface area (Å²) < 4.78 is 5.26. The summed E-state index contributed by atoms with van der Waals surface area (Å²) in [7, 11) is 1.56. The molecule has 31 heavy (non-hydrogen) atoms. The molecule has 0 bridgehead atoms. The summed E-state index contributed by atoms with van der Waals surface area (Å²) in [6.45, 7) is 4.74. The number of fused-ring (bicyclic) bond motifs is 1. The van der Waals surface area contributed by atoms with Gasteiger partial charge in [-0.05, 0) is 48.0 Å². The molecule has 3 aromatic rings. The fourth-order valence-electron chi connectivity index (χ4n) is 3.47. The van der Waals surface area contributed by atoms with Crippen LogP contribution >= 0.6 is 0 Å². The Kier molecular flexibility index (Phi) is 7.62. The maximum absolute atomic E-state index is 12.6. The number of nitrogens with zero attached hydrogens (tertiary/aromatic N) is 1. The number of hydrogen-bond acceptors (Lipinski definition) is 4. The van der Waals surface area contributed by atoms with E-state index in [-0.39, 0.29) is 30.9 Å². The van der Waals surface area contributed by atoms with Crippen LogP contribution < -0.4 is 15.4 Å². The van der Waals surface area contributed by atoms with Gasteiger partial charge in [-0.15, -0.1) is 0 Å². The zero-order valence-electron chi connectivity index (χ0n) is 18.2. The summed E-state index contributed by atoms with van der Waals surface area (Å²) >= 11 is 0. The Morgan fingerprint density at radius 2 is 1.61 bits per heavy atom. The van der Waals surface area contributed by atoms with E-state index in [9.17, 15) is 9.59 Å². The molecule has 0 saturated heterocycles. The highest BCUT2D eigenvalue weighted by Crippen LogP contribution is 2.23. The van der Waals surface area contributed by atoms with Gasteiger partial charge in [0.05, 0.1) is 31.9 Å². The van der Waals surface area contributed by atoms with E-state index in [2.05, 4.69) is 34.9 Å². The summed E-state index contributed by atoms with van der Waals surface area (Å²) in [5, 5.41) is 8.19. The van der Waals surface area contributed by atoms with Gasteiger partial charge in [-0.3, -0.25) is 14.5 Å². The van der Waals surface area contributed by atoms with Crippen LogP contribution in [0.25, 0.3) is 10.8 Å². The van der Waals surface area contributed by atoms with Gasteiger partial charge in [0.15, 0.2) is 0 Å². The number of methoxy groups -OCH3 is 1. The first kappa shape index (κ1) is 22.3. The molecular formula is C25H29N3O3. The smallest absolute Gasteiger partial charge is 0.238 e. The molecule has 0 unspecified atom stereocenters. The Balaban J connectivity index is 1.55. The number of nitrogens with one attached hydrogen (secondary N) is 2. The number of carbonyl (C=O) groups is 2. The normalized spacial score (nSPS) is 11.9. The maximum atomic E-state index is 12.6. The molecule has 3 aromatic carbocycles. The zero-order chi connectivity index (χ0) is 22.2. The Morgan fingerprint density at radius 1 is 0.935 bits per heavy atom. The average molecular weight is 420 g/mol. The molecule has 0 radical (unpaired) electrons. The lowest BCUT2D eigenvalue weighted by Crippen LogP contribution is -2.41. The van der Waals surface area contributed by atoms with E-state index in [0.717, 1.165) is 10.9 Å². The van der Waals surface area contributed by atoms with Crippen LogP contribution in [0.4, 0.5) is 5.69 Å². The second-order valence-electron chi connectivity index (χ2n) is 7.45. The van der Waals surface area contributed by atoms with E-state index >= 15 is 0 Å². The molecule has 0 fully saturated rings. The van der Waals surface area contributed by atoms with Crippen LogP contribution in [0, 0.1) is 0 Å². The van der Waals surface area contributed by atoms with Gasteiger partial charge >= 0.3 is 0 Å². The van der Waals surface area contributed by atoms with Gasteiger partial charge in [0, 0.05) is 0 Å². The van der Waals surface area contributed by atoms with Crippen molar-refractivity contribution in [2.75, 3.05) is 32.1 Å². The molecule has 2 N–H and O–H groups in total. The van der Waals surface area contributed by atoms with Crippen LogP contribution in [0.2, 0.25) is 0 Å². The van der Waals surface area contributed by atoms with Crippen molar-refractivity contribution in [1.82, 2.24) is 10.2 Å². The van der Waals surface area contributed by atoms with E-state index < -0.39 is 0 Å². The predicted octanol–water partition coefficient (Wildman–Crippen LogP) is 3.99. The first-order chi connectivity index (χ1) is 15.0. The van der Waals surface area contributed by atoms with Crippen molar-refractivity contribution in [3.8, 4) is 5.75 Å². The third kappa shape index (κ3) is 6.06. The van der Waals surface area contributed by atoms with Gasteiger partial charge in [0.1, 0.15) is 5.75 Å². The number of carbonyl (C=O) groups excluding carboxylic acids is 2. The predicted molar refractivity (Wildman–Crippen MR) is 124 cm³/mol. The summed E-state index contributed by atoms with van der Waals surface area (Å²) in [4.78, 5) is 26.9. The molecule has 3 rings (SSSR count). The lowest BCUT2D eigenvalue weighted by Gasteiger charge is -2.21. The van der Waals surface area contributed by atoms with Crippen molar-refractivity contribution >= 4 is 28.3 Å². The number of likely N-dealkylation sites (N-methyl/N-ethyl adjacent to an activating group) is 1. The monoisotopic (exact) mass is 419 g/mol. The van der Waals surface area contributed by atoms with E-state index in [1.54, 1.807) is 24.1 Å². The Hall–Kier alpha value is -3.38. The highest BCUT2D eigenvalue weighted by atomic mass is 16.5. The number of amides is 2. The highest BCUT2D eigenvalue weighted by Gasteiger charge is 2.16. The van der Waals surface area contributed by atoms with Gasteiger partial charge in [-0.1, -0.05) is 55.5 Å². The zero-order valence-corrected chi connectivity index (χ0v) is 18.2. The maximum Gasteiger partial charge on any atom is 0.238 e. The van der Waals surface area contributed by atoms with Crippen molar-refractivity contribution in [2.45, 2.75) is 19.9 Å². The minimum absolute atomic E-state index is 0.117. The van der Waals surface area contributed by atoms with Gasteiger partial charge in [0.2, 0.25) is 11.8 Å². The van der Waals surface area contributed by atoms with E-state index in [1.807, 2.05) is 44.2 Å². The third-order valence-corrected chi connectivity index (χ3v) is 5.21. The van der Waals surface area contributed by atoms with Crippen molar-refractivity contribution < 1.29 is 14.3 Å². The largest absolute Gasteiger partial charge is 0.495 e. The van der Waals surface area contributed by atoms with Crippen LogP contribution in [0.1, 0.15) is 25.5 Å². The van der Waals surface area contributed by atoms with Crippen LogP contribution in [-0.2, 0) is 9.59 Å². The van der Waals surface area contributed by atoms with Crippen molar-refractivity contribution in [3.05, 3.63) is 72.3 Å². The first-order valence-corrected chi connectivity index (χ1v) is 10.4. The Labute approximate surface area is 183 Å². The number of anilines is 1. The van der Waals surface area contributed by atoms with E-state index in [4.69, 9.17) is 4.74 Å². The lowest BCUT2D eigenvalue weighted by molar-refractivity contribution is -0.123. The van der Waals surface area contributed by atoms with Gasteiger partial charge < -0.3 is 15.4 Å². The van der Waals surface area contributed by atoms with Gasteiger partial charge in [-0.2, -0.15) is 0 Å². The minimum atomic E-state index is -0.193. The minimum Gasteiger partial charge on any atom is -0.495 e. The number of ether oxygens (including phenoxy) is 1. The molecule has 2 amide bonds. The molecule has 0 aliphatic rings. The molecule has 0 spiro atoms. The molecule has 0 aliphatic heterocycles. The molecule has 0 saturated carbocycles.